The Morgan fingerprint density at radius 1 is 1.06 bits per heavy atom. The molecule has 11 heteroatoms. The Hall–Kier alpha value is -2.17. The van der Waals surface area contributed by atoms with E-state index in [1.807, 2.05) is 0 Å². The van der Waals surface area contributed by atoms with Crippen molar-refractivity contribution in [2.45, 2.75) is 49.2 Å². The van der Waals surface area contributed by atoms with Crippen LogP contribution in [0.3, 0.4) is 0 Å². The highest BCUT2D eigenvalue weighted by atomic mass is 35.5. The molecule has 0 aliphatic heterocycles. The molecule has 0 radical (unpaired) electrons. The first-order valence-corrected chi connectivity index (χ1v) is 11.7. The van der Waals surface area contributed by atoms with Crippen molar-refractivity contribution in [2.75, 3.05) is 11.9 Å². The number of carbonyl (C=O) groups excluding carboxylic acids is 1. The number of rotatable bonds is 6. The third kappa shape index (κ3) is 5.79. The highest BCUT2D eigenvalue weighted by Gasteiger charge is 2.35. The molecule has 1 aliphatic rings. The molecule has 174 valence electrons. The smallest absolute Gasteiger partial charge is 0.324 e. The molecule has 1 amide bonds. The van der Waals surface area contributed by atoms with E-state index in [1.165, 1.54) is 0 Å². The monoisotopic (exact) mass is 492 g/mol. The second-order valence-electron chi connectivity index (χ2n) is 7.54. The fraction of sp³-hybridized carbons (Fsp3) is 0.381. The van der Waals surface area contributed by atoms with Gasteiger partial charge in [0.05, 0.1) is 27.7 Å². The summed E-state index contributed by atoms with van der Waals surface area (Å²) in [7, 11) is -4.15. The number of hydrogen-bond donors (Lipinski definition) is 1. The fourth-order valence-corrected chi connectivity index (χ4v) is 5.46. The second-order valence-corrected chi connectivity index (χ2v) is 9.83. The van der Waals surface area contributed by atoms with Crippen LogP contribution in [0.15, 0.2) is 47.4 Å². The van der Waals surface area contributed by atoms with E-state index < -0.39 is 46.1 Å². The van der Waals surface area contributed by atoms with Gasteiger partial charge in [-0.25, -0.2) is 12.8 Å². The molecule has 5 nitrogen and oxygen atoms in total. The molecule has 32 heavy (non-hydrogen) atoms. The normalized spacial score (nSPS) is 15.7. The van der Waals surface area contributed by atoms with Crippen molar-refractivity contribution >= 4 is 33.2 Å². The van der Waals surface area contributed by atoms with Crippen molar-refractivity contribution in [1.82, 2.24) is 4.31 Å². The minimum absolute atomic E-state index is 0.114. The molecule has 2 aromatic carbocycles. The van der Waals surface area contributed by atoms with Gasteiger partial charge in [-0.2, -0.15) is 17.5 Å². The molecule has 1 saturated carbocycles. The van der Waals surface area contributed by atoms with Gasteiger partial charge < -0.3 is 5.32 Å². The van der Waals surface area contributed by atoms with Crippen molar-refractivity contribution in [3.05, 3.63) is 58.9 Å². The molecule has 1 aliphatic carbocycles. The Labute approximate surface area is 188 Å². The summed E-state index contributed by atoms with van der Waals surface area (Å²) in [6, 6.07) is 6.27. The molecule has 0 bridgehead atoms. The van der Waals surface area contributed by atoms with Gasteiger partial charge in [-0.3, -0.25) is 4.79 Å². The number of amides is 1. The average Bonchev–Trinajstić information content (AvgIpc) is 2.73. The van der Waals surface area contributed by atoms with Crippen LogP contribution in [0.2, 0.25) is 5.02 Å². The summed E-state index contributed by atoms with van der Waals surface area (Å²) in [5.41, 5.74) is -1.27. The van der Waals surface area contributed by atoms with E-state index in [0.29, 0.717) is 18.9 Å². The molecule has 1 fully saturated rings. The van der Waals surface area contributed by atoms with Crippen molar-refractivity contribution in [3.63, 3.8) is 0 Å². The number of anilines is 1. The van der Waals surface area contributed by atoms with Gasteiger partial charge in [-0.1, -0.05) is 30.9 Å². The van der Waals surface area contributed by atoms with Gasteiger partial charge in [0.2, 0.25) is 15.9 Å². The zero-order chi connectivity index (χ0) is 23.5. The summed E-state index contributed by atoms with van der Waals surface area (Å²) >= 11 is 5.93. The Balaban J connectivity index is 1.87. The van der Waals surface area contributed by atoms with Gasteiger partial charge in [0.1, 0.15) is 5.82 Å². The SMILES string of the molecule is O=C(CN(C1CCCCC1)S(=O)(=O)c1ccc(F)cc1)Nc1cc(C(F)(F)F)ccc1Cl. The zero-order valence-corrected chi connectivity index (χ0v) is 18.4. The number of halogens is 5. The first kappa shape index (κ1) is 24.5. The highest BCUT2D eigenvalue weighted by Crippen LogP contribution is 2.34. The molecule has 1 N–H and O–H groups in total. The second kappa shape index (κ2) is 9.76. The maximum Gasteiger partial charge on any atom is 0.416 e. The van der Waals surface area contributed by atoms with Crippen LogP contribution < -0.4 is 5.32 Å². The standard InChI is InChI=1S/C21H21ClF4N2O3S/c22-18-11-6-14(21(24,25)26)12-19(18)27-20(29)13-28(16-4-2-1-3-5-16)32(30,31)17-9-7-15(23)8-10-17/h6-12,16H,1-5,13H2,(H,27,29). The van der Waals surface area contributed by atoms with Crippen LogP contribution in [-0.2, 0) is 21.0 Å². The van der Waals surface area contributed by atoms with E-state index in [9.17, 15) is 30.8 Å². The lowest BCUT2D eigenvalue weighted by Gasteiger charge is -2.33. The van der Waals surface area contributed by atoms with Crippen molar-refractivity contribution < 1.29 is 30.8 Å². The maximum absolute atomic E-state index is 13.3. The number of benzene rings is 2. The molecule has 0 aromatic heterocycles. The van der Waals surface area contributed by atoms with Crippen LogP contribution in [0.4, 0.5) is 23.2 Å². The van der Waals surface area contributed by atoms with Crippen LogP contribution in [0.25, 0.3) is 0 Å². The maximum atomic E-state index is 13.3. The van der Waals surface area contributed by atoms with Crippen molar-refractivity contribution in [1.29, 1.82) is 0 Å². The van der Waals surface area contributed by atoms with Crippen LogP contribution in [-0.4, -0.2) is 31.2 Å². The van der Waals surface area contributed by atoms with Gasteiger partial charge in [-0.05, 0) is 55.3 Å². The molecule has 2 aromatic rings. The third-order valence-corrected chi connectivity index (χ3v) is 7.51. The summed E-state index contributed by atoms with van der Waals surface area (Å²) in [6.07, 6.45) is -1.06. The Bertz CT molecular complexity index is 1070. The number of alkyl halides is 3. The topological polar surface area (TPSA) is 66.5 Å². The molecule has 0 heterocycles. The van der Waals surface area contributed by atoms with E-state index in [2.05, 4.69) is 5.32 Å². The zero-order valence-electron chi connectivity index (χ0n) is 16.8. The quantitative estimate of drug-likeness (QED) is 0.544. The summed E-state index contributed by atoms with van der Waals surface area (Å²) in [5, 5.41) is 2.17. The number of sulfonamides is 1. The largest absolute Gasteiger partial charge is 0.416 e. The number of nitrogens with one attached hydrogen (secondary N) is 1. The minimum Gasteiger partial charge on any atom is -0.324 e. The molecule has 0 spiro atoms. The van der Waals surface area contributed by atoms with Gasteiger partial charge in [0.25, 0.3) is 0 Å². The molecule has 0 unspecified atom stereocenters. The molecular formula is C21H21ClF4N2O3S. The van der Waals surface area contributed by atoms with Crippen LogP contribution >= 0.6 is 11.6 Å². The van der Waals surface area contributed by atoms with Gasteiger partial charge in [-0.15, -0.1) is 0 Å². The number of carbonyl (C=O) groups is 1. The predicted molar refractivity (Wildman–Crippen MR) is 112 cm³/mol. The Morgan fingerprint density at radius 2 is 1.69 bits per heavy atom. The van der Waals surface area contributed by atoms with Crippen LogP contribution in [0.1, 0.15) is 37.7 Å². The molecular weight excluding hydrogens is 472 g/mol. The third-order valence-electron chi connectivity index (χ3n) is 5.27. The summed E-state index contributed by atoms with van der Waals surface area (Å²) < 4.78 is 79.8. The van der Waals surface area contributed by atoms with Crippen molar-refractivity contribution in [3.8, 4) is 0 Å². The lowest BCUT2D eigenvalue weighted by atomic mass is 9.95. The Morgan fingerprint density at radius 3 is 2.28 bits per heavy atom. The lowest BCUT2D eigenvalue weighted by molar-refractivity contribution is -0.137. The minimum atomic E-state index is -4.63. The number of hydrogen-bond acceptors (Lipinski definition) is 3. The average molecular weight is 493 g/mol. The van der Waals surface area contributed by atoms with Gasteiger partial charge >= 0.3 is 6.18 Å². The first-order chi connectivity index (χ1) is 15.0. The van der Waals surface area contributed by atoms with Gasteiger partial charge in [0, 0.05) is 6.04 Å². The predicted octanol–water partition coefficient (Wildman–Crippen LogP) is 5.46. The summed E-state index contributed by atoms with van der Waals surface area (Å²) in [5.74, 6) is -1.44. The van der Waals surface area contributed by atoms with E-state index in [4.69, 9.17) is 11.6 Å². The Kier molecular flexibility index (Phi) is 7.46. The molecule has 0 atom stereocenters. The summed E-state index contributed by atoms with van der Waals surface area (Å²) in [6.45, 7) is -0.614. The van der Waals surface area contributed by atoms with Crippen LogP contribution in [0.5, 0.6) is 0 Å². The van der Waals surface area contributed by atoms with E-state index >= 15 is 0 Å². The highest BCUT2D eigenvalue weighted by molar-refractivity contribution is 7.89. The van der Waals surface area contributed by atoms with Crippen molar-refractivity contribution in [2.24, 2.45) is 0 Å². The van der Waals surface area contributed by atoms with E-state index in [0.717, 1.165) is 60.0 Å². The van der Waals surface area contributed by atoms with E-state index in [1.54, 1.807) is 0 Å². The van der Waals surface area contributed by atoms with E-state index in [-0.39, 0.29) is 15.6 Å². The lowest BCUT2D eigenvalue weighted by Crippen LogP contribution is -2.45. The van der Waals surface area contributed by atoms with Crippen LogP contribution in [0, 0.1) is 5.82 Å². The number of nitrogens with zero attached hydrogens (tertiary/aromatic N) is 1. The molecule has 0 saturated heterocycles. The summed E-state index contributed by atoms with van der Waals surface area (Å²) in [4.78, 5) is 12.5. The first-order valence-electron chi connectivity index (χ1n) is 9.92. The molecule has 3 rings (SSSR count). The fourth-order valence-electron chi connectivity index (χ4n) is 3.65. The van der Waals surface area contributed by atoms with Gasteiger partial charge in [0.15, 0.2) is 0 Å².